The Kier molecular flexibility index (Phi) is 6.22. The molecule has 0 spiro atoms. The number of rotatable bonds is 9. The maximum Gasteiger partial charge on any atom is 0.326 e. The van der Waals surface area contributed by atoms with Gasteiger partial charge in [0.1, 0.15) is 12.0 Å². The summed E-state index contributed by atoms with van der Waals surface area (Å²) in [5.74, 6) is -2.77. The average Bonchev–Trinajstić information content (AvgIpc) is 3.28. The van der Waals surface area contributed by atoms with Gasteiger partial charge in [-0.05, 0) is 31.6 Å². The van der Waals surface area contributed by atoms with Crippen molar-refractivity contribution in [3.63, 3.8) is 0 Å². The van der Waals surface area contributed by atoms with Gasteiger partial charge in [0.05, 0.1) is 6.04 Å². The molecule has 2 aliphatic rings. The van der Waals surface area contributed by atoms with Crippen LogP contribution in [-0.2, 0) is 23.9 Å². The number of carbonyl (C=O) groups excluding carboxylic acids is 3. The van der Waals surface area contributed by atoms with Crippen LogP contribution in [0.3, 0.4) is 0 Å². The minimum atomic E-state index is -1.14. The molecular weight excluding hydrogens is 342 g/mol. The molecule has 26 heavy (non-hydrogen) atoms. The first-order valence-electron chi connectivity index (χ1n) is 8.95. The molecule has 2 amide bonds. The van der Waals surface area contributed by atoms with Gasteiger partial charge in [-0.2, -0.15) is 0 Å². The number of aliphatic carboxylic acids is 1. The molecule has 2 unspecified atom stereocenters. The topological polar surface area (TPSA) is 148 Å². The molecule has 7 atom stereocenters. The van der Waals surface area contributed by atoms with Gasteiger partial charge in [0.15, 0.2) is 6.10 Å². The first kappa shape index (κ1) is 20.2. The molecule has 1 aliphatic carbocycles. The largest absolute Gasteiger partial charge is 0.480 e. The minimum Gasteiger partial charge on any atom is -0.480 e. The standard InChI is InChI=1S/C17H27N3O6/c1-4-7(2)12-13(26-17(12)25)15(22)19-10-5-9(10)6-11(16(23)24)20-14(21)8(3)18/h7-13H,4-6,18H2,1-3H3,(H,19,22)(H,20,21)(H,23,24)/t7?,8-,9-,10-,11-,12-,13?/m0/s1. The van der Waals surface area contributed by atoms with E-state index in [4.69, 9.17) is 10.5 Å². The molecular formula is C17H27N3O6. The number of esters is 1. The predicted octanol–water partition coefficient (Wildman–Crippen LogP) is -0.614. The summed E-state index contributed by atoms with van der Waals surface area (Å²) in [6, 6.07) is -2.01. The fraction of sp³-hybridized carbons (Fsp3) is 0.765. The number of hydrogen-bond donors (Lipinski definition) is 4. The Morgan fingerprint density at radius 2 is 2.00 bits per heavy atom. The van der Waals surface area contributed by atoms with Gasteiger partial charge in [-0.15, -0.1) is 0 Å². The van der Waals surface area contributed by atoms with Crippen LogP contribution >= 0.6 is 0 Å². The van der Waals surface area contributed by atoms with Crippen molar-refractivity contribution in [2.24, 2.45) is 23.5 Å². The van der Waals surface area contributed by atoms with Crippen molar-refractivity contribution in [3.05, 3.63) is 0 Å². The zero-order valence-electron chi connectivity index (χ0n) is 15.2. The second-order valence-corrected chi connectivity index (χ2v) is 7.30. The molecule has 1 saturated heterocycles. The van der Waals surface area contributed by atoms with Crippen LogP contribution in [0.2, 0.25) is 0 Å². The lowest BCUT2D eigenvalue weighted by Crippen LogP contribution is -2.56. The average molecular weight is 369 g/mol. The predicted molar refractivity (Wildman–Crippen MR) is 90.7 cm³/mol. The molecule has 2 fully saturated rings. The number of amides is 2. The van der Waals surface area contributed by atoms with Gasteiger partial charge in [-0.25, -0.2) is 4.79 Å². The summed E-state index contributed by atoms with van der Waals surface area (Å²) in [6.07, 6.45) is 0.831. The van der Waals surface area contributed by atoms with Gasteiger partial charge in [-0.3, -0.25) is 14.4 Å². The third-order valence-corrected chi connectivity index (χ3v) is 5.17. The Labute approximate surface area is 152 Å². The molecule has 2 rings (SSSR count). The Morgan fingerprint density at radius 3 is 2.50 bits per heavy atom. The van der Waals surface area contributed by atoms with Crippen LogP contribution in [0.25, 0.3) is 0 Å². The van der Waals surface area contributed by atoms with E-state index in [0.717, 1.165) is 6.42 Å². The van der Waals surface area contributed by atoms with Crippen LogP contribution in [0, 0.1) is 17.8 Å². The van der Waals surface area contributed by atoms with Crippen molar-refractivity contribution < 1.29 is 29.0 Å². The molecule has 146 valence electrons. The Morgan fingerprint density at radius 1 is 1.35 bits per heavy atom. The lowest BCUT2D eigenvalue weighted by Gasteiger charge is -2.37. The Bertz CT molecular complexity index is 593. The summed E-state index contributed by atoms with van der Waals surface area (Å²) in [4.78, 5) is 46.8. The van der Waals surface area contributed by atoms with Gasteiger partial charge in [0, 0.05) is 6.04 Å². The lowest BCUT2D eigenvalue weighted by atomic mass is 9.83. The molecule has 0 bridgehead atoms. The Hall–Kier alpha value is -2.16. The molecule has 0 aromatic heterocycles. The van der Waals surface area contributed by atoms with E-state index in [9.17, 15) is 24.3 Å². The number of nitrogens with one attached hydrogen (secondary N) is 2. The van der Waals surface area contributed by atoms with Crippen molar-refractivity contribution in [2.75, 3.05) is 0 Å². The maximum absolute atomic E-state index is 12.3. The molecule has 0 aromatic carbocycles. The minimum absolute atomic E-state index is 0.0498. The summed E-state index contributed by atoms with van der Waals surface area (Å²) in [7, 11) is 0. The lowest BCUT2D eigenvalue weighted by molar-refractivity contribution is -0.193. The second-order valence-electron chi connectivity index (χ2n) is 7.30. The number of carboxylic acid groups (broad SMARTS) is 1. The molecule has 5 N–H and O–H groups in total. The molecule has 9 nitrogen and oxygen atoms in total. The van der Waals surface area contributed by atoms with Gasteiger partial charge < -0.3 is 26.2 Å². The fourth-order valence-corrected chi connectivity index (χ4v) is 3.11. The highest BCUT2D eigenvalue weighted by Gasteiger charge is 2.51. The smallest absolute Gasteiger partial charge is 0.326 e. The highest BCUT2D eigenvalue weighted by atomic mass is 16.6. The van der Waals surface area contributed by atoms with E-state index in [0.29, 0.717) is 6.42 Å². The van der Waals surface area contributed by atoms with Gasteiger partial charge in [-0.1, -0.05) is 20.3 Å². The van der Waals surface area contributed by atoms with E-state index < -0.39 is 36.0 Å². The van der Waals surface area contributed by atoms with Crippen LogP contribution in [0.1, 0.15) is 40.0 Å². The quantitative estimate of drug-likeness (QED) is 0.396. The van der Waals surface area contributed by atoms with Gasteiger partial charge in [0.25, 0.3) is 5.91 Å². The molecule has 1 aliphatic heterocycles. The van der Waals surface area contributed by atoms with Crippen molar-refractivity contribution in [1.29, 1.82) is 0 Å². The molecule has 0 aromatic rings. The SMILES string of the molecule is CCC(C)[C@@H]1C(=O)OC1C(=O)N[C@H]1C[C@H]1C[C@H](NC(=O)[C@H](C)N)C(=O)O. The van der Waals surface area contributed by atoms with Crippen LogP contribution in [0.4, 0.5) is 0 Å². The van der Waals surface area contributed by atoms with Crippen LogP contribution in [0.5, 0.6) is 0 Å². The summed E-state index contributed by atoms with van der Waals surface area (Å²) in [5.41, 5.74) is 5.44. The normalized spacial score (nSPS) is 30.2. The number of cyclic esters (lactones) is 1. The van der Waals surface area contributed by atoms with E-state index in [1.165, 1.54) is 6.92 Å². The number of ether oxygens (including phenoxy) is 1. The molecule has 1 heterocycles. The summed E-state index contributed by atoms with van der Waals surface area (Å²) in [5, 5.41) is 14.4. The summed E-state index contributed by atoms with van der Waals surface area (Å²) in [6.45, 7) is 5.33. The van der Waals surface area contributed by atoms with Crippen molar-refractivity contribution in [1.82, 2.24) is 10.6 Å². The van der Waals surface area contributed by atoms with E-state index in [1.54, 1.807) is 0 Å². The van der Waals surface area contributed by atoms with Crippen molar-refractivity contribution in [3.8, 4) is 0 Å². The van der Waals surface area contributed by atoms with Gasteiger partial charge >= 0.3 is 11.9 Å². The maximum atomic E-state index is 12.3. The zero-order chi connectivity index (χ0) is 19.6. The highest BCUT2D eigenvalue weighted by Crippen LogP contribution is 2.37. The second kappa shape index (κ2) is 8.03. The van der Waals surface area contributed by atoms with E-state index >= 15 is 0 Å². The fourth-order valence-electron chi connectivity index (χ4n) is 3.11. The zero-order valence-corrected chi connectivity index (χ0v) is 15.2. The van der Waals surface area contributed by atoms with Crippen molar-refractivity contribution >= 4 is 23.8 Å². The van der Waals surface area contributed by atoms with E-state index in [2.05, 4.69) is 10.6 Å². The molecule has 1 saturated carbocycles. The van der Waals surface area contributed by atoms with Crippen molar-refractivity contribution in [2.45, 2.75) is 64.3 Å². The highest BCUT2D eigenvalue weighted by molar-refractivity contribution is 5.94. The molecule has 0 radical (unpaired) electrons. The Balaban J connectivity index is 1.82. The van der Waals surface area contributed by atoms with Crippen LogP contribution < -0.4 is 16.4 Å². The van der Waals surface area contributed by atoms with E-state index in [1.807, 2.05) is 13.8 Å². The monoisotopic (exact) mass is 369 g/mol. The first-order chi connectivity index (χ1) is 12.1. The third-order valence-electron chi connectivity index (χ3n) is 5.17. The summed E-state index contributed by atoms with van der Waals surface area (Å²) < 4.78 is 4.98. The van der Waals surface area contributed by atoms with Crippen LogP contribution in [0.15, 0.2) is 0 Å². The number of carboxylic acids is 1. The number of nitrogens with two attached hydrogens (primary N) is 1. The molecule has 9 heteroatoms. The number of hydrogen-bond acceptors (Lipinski definition) is 6. The van der Waals surface area contributed by atoms with E-state index in [-0.39, 0.29) is 36.2 Å². The number of carbonyl (C=O) groups is 4. The first-order valence-corrected chi connectivity index (χ1v) is 8.95. The third kappa shape index (κ3) is 4.51. The summed E-state index contributed by atoms with van der Waals surface area (Å²) >= 11 is 0. The van der Waals surface area contributed by atoms with Gasteiger partial charge in [0.2, 0.25) is 5.91 Å². The van der Waals surface area contributed by atoms with Crippen LogP contribution in [-0.4, -0.2) is 53.1 Å².